The second-order valence-electron chi connectivity index (χ2n) is 7.38. The van der Waals surface area contributed by atoms with E-state index in [1.54, 1.807) is 0 Å². The molecule has 1 fully saturated rings. The zero-order valence-corrected chi connectivity index (χ0v) is 16.9. The molecule has 28 heavy (non-hydrogen) atoms. The fourth-order valence-corrected chi connectivity index (χ4v) is 3.52. The first-order valence-corrected chi connectivity index (χ1v) is 10.0. The second kappa shape index (κ2) is 7.83. The van der Waals surface area contributed by atoms with E-state index >= 15 is 0 Å². The van der Waals surface area contributed by atoms with Gasteiger partial charge in [0.25, 0.3) is 0 Å². The molecule has 6 nitrogen and oxygen atoms in total. The van der Waals surface area contributed by atoms with Gasteiger partial charge in [-0.2, -0.15) is 9.61 Å². The number of aromatic nitrogens is 3. The summed E-state index contributed by atoms with van der Waals surface area (Å²) in [6.07, 6.45) is 4.76. The van der Waals surface area contributed by atoms with Gasteiger partial charge >= 0.3 is 0 Å². The molecule has 8 heteroatoms. The van der Waals surface area contributed by atoms with E-state index in [0.29, 0.717) is 5.02 Å². The maximum atomic E-state index is 12.1. The third kappa shape index (κ3) is 3.85. The normalized spacial score (nSPS) is 13.6. The van der Waals surface area contributed by atoms with E-state index in [9.17, 15) is 4.79 Å². The van der Waals surface area contributed by atoms with Crippen molar-refractivity contribution in [2.24, 2.45) is 5.92 Å². The number of nitrogens with one attached hydrogen (secondary N) is 1. The molecule has 3 aromatic rings. The number of amides is 1. The summed E-state index contributed by atoms with van der Waals surface area (Å²) in [6.45, 7) is 1.48. The van der Waals surface area contributed by atoms with Gasteiger partial charge in [-0.1, -0.05) is 29.8 Å². The number of hydrogen-bond donors (Lipinski definition) is 1. The molecule has 0 saturated heterocycles. The Labute approximate surface area is 170 Å². The first-order chi connectivity index (χ1) is 13.5. The third-order valence-corrected chi connectivity index (χ3v) is 5.41. The van der Waals surface area contributed by atoms with Crippen LogP contribution in [0.1, 0.15) is 19.3 Å². The van der Waals surface area contributed by atoms with Crippen molar-refractivity contribution in [2.45, 2.75) is 19.3 Å². The summed E-state index contributed by atoms with van der Waals surface area (Å²) in [5, 5.41) is 8.56. The lowest BCUT2D eigenvalue weighted by Gasteiger charge is -2.17. The number of anilines is 1. The predicted molar refractivity (Wildman–Crippen MR) is 115 cm³/mol. The minimum Gasteiger partial charge on any atom is -0.370 e. The summed E-state index contributed by atoms with van der Waals surface area (Å²) in [7, 11) is 3.88. The highest BCUT2D eigenvalue weighted by Gasteiger charge is 2.31. The zero-order valence-electron chi connectivity index (χ0n) is 16.2. The molecule has 0 radical (unpaired) electrons. The number of rotatable bonds is 7. The molecule has 1 aliphatic carbocycles. The van der Waals surface area contributed by atoms with Crippen LogP contribution in [0.25, 0.3) is 16.9 Å². The number of nitrogens with zero attached hydrogens (tertiary/aromatic N) is 4. The second-order valence-corrected chi connectivity index (χ2v) is 7.79. The van der Waals surface area contributed by atoms with Crippen LogP contribution in [0.2, 0.25) is 5.02 Å². The lowest BCUT2D eigenvalue weighted by Crippen LogP contribution is -2.30. The van der Waals surface area contributed by atoms with Crippen LogP contribution in [0.4, 0.5) is 5.82 Å². The van der Waals surface area contributed by atoms with Crippen molar-refractivity contribution in [2.75, 3.05) is 25.5 Å². The average molecular weight is 396 g/mol. The highest BCUT2D eigenvalue weighted by molar-refractivity contribution is 6.36. The summed E-state index contributed by atoms with van der Waals surface area (Å²) < 4.78 is 1.81. The number of carbonyl (C=O) groups is 1. The maximum absolute atomic E-state index is 12.1. The number of halogens is 1. The molecule has 1 aromatic carbocycles. The SMILES string of the molecule is Bc1cnn2c(NCCCN(C)C(=O)C3CC3)cc(-c3ccccc3Cl)nc12. The molecule has 0 aliphatic heterocycles. The number of hydrogen-bond acceptors (Lipinski definition) is 4. The summed E-state index contributed by atoms with van der Waals surface area (Å²) in [4.78, 5) is 18.6. The summed E-state index contributed by atoms with van der Waals surface area (Å²) in [6, 6.07) is 9.67. The van der Waals surface area contributed by atoms with E-state index in [1.807, 2.05) is 60.8 Å². The summed E-state index contributed by atoms with van der Waals surface area (Å²) in [5.41, 5.74) is 3.52. The molecule has 1 aliphatic rings. The number of fused-ring (bicyclic) bond motifs is 1. The Balaban J connectivity index is 1.51. The van der Waals surface area contributed by atoms with Gasteiger partial charge in [0.2, 0.25) is 5.91 Å². The van der Waals surface area contributed by atoms with Crippen molar-refractivity contribution < 1.29 is 4.79 Å². The largest absolute Gasteiger partial charge is 0.370 e. The van der Waals surface area contributed by atoms with E-state index in [4.69, 9.17) is 16.6 Å². The topological polar surface area (TPSA) is 62.5 Å². The molecule has 0 bridgehead atoms. The lowest BCUT2D eigenvalue weighted by molar-refractivity contribution is -0.131. The first-order valence-electron chi connectivity index (χ1n) is 9.63. The monoisotopic (exact) mass is 395 g/mol. The molecular weight excluding hydrogens is 373 g/mol. The van der Waals surface area contributed by atoms with Crippen LogP contribution < -0.4 is 10.8 Å². The van der Waals surface area contributed by atoms with Crippen molar-refractivity contribution in [3.63, 3.8) is 0 Å². The summed E-state index contributed by atoms with van der Waals surface area (Å²) >= 11 is 6.38. The number of benzene rings is 1. The maximum Gasteiger partial charge on any atom is 0.225 e. The van der Waals surface area contributed by atoms with Crippen LogP contribution in [-0.2, 0) is 4.79 Å². The molecule has 0 unspecified atom stereocenters. The van der Waals surface area contributed by atoms with Gasteiger partial charge in [0.1, 0.15) is 13.7 Å². The van der Waals surface area contributed by atoms with Crippen molar-refractivity contribution in [3.05, 3.63) is 41.6 Å². The van der Waals surface area contributed by atoms with Gasteiger partial charge in [-0.15, -0.1) is 0 Å². The van der Waals surface area contributed by atoms with E-state index in [-0.39, 0.29) is 11.8 Å². The van der Waals surface area contributed by atoms with Crippen molar-refractivity contribution in [1.29, 1.82) is 0 Å². The van der Waals surface area contributed by atoms with Crippen LogP contribution in [0.5, 0.6) is 0 Å². The van der Waals surface area contributed by atoms with Gasteiger partial charge in [0, 0.05) is 48.9 Å². The minimum atomic E-state index is 0.267. The number of carbonyl (C=O) groups excluding carboxylic acids is 1. The van der Waals surface area contributed by atoms with E-state index in [0.717, 1.165) is 60.5 Å². The third-order valence-electron chi connectivity index (χ3n) is 5.08. The first kappa shape index (κ1) is 18.8. The smallest absolute Gasteiger partial charge is 0.225 e. The minimum absolute atomic E-state index is 0.267. The van der Waals surface area contributed by atoms with Gasteiger partial charge in [0.05, 0.1) is 5.69 Å². The zero-order chi connectivity index (χ0) is 19.7. The van der Waals surface area contributed by atoms with Crippen molar-refractivity contribution in [3.8, 4) is 11.3 Å². The van der Waals surface area contributed by atoms with E-state index in [2.05, 4.69) is 10.4 Å². The van der Waals surface area contributed by atoms with Crippen molar-refractivity contribution >= 4 is 42.3 Å². The van der Waals surface area contributed by atoms with Crippen LogP contribution in [0.3, 0.4) is 0 Å². The lowest BCUT2D eigenvalue weighted by atomic mass is 10.0. The highest BCUT2D eigenvalue weighted by atomic mass is 35.5. The van der Waals surface area contributed by atoms with Gasteiger partial charge in [0.15, 0.2) is 5.65 Å². The Bertz CT molecular complexity index is 1020. The predicted octanol–water partition coefficient (Wildman–Crippen LogP) is 1.98. The van der Waals surface area contributed by atoms with Crippen LogP contribution in [0, 0.1) is 5.92 Å². The van der Waals surface area contributed by atoms with Crippen molar-refractivity contribution in [1.82, 2.24) is 19.5 Å². The Kier molecular flexibility index (Phi) is 5.26. The Morgan fingerprint density at radius 1 is 1.39 bits per heavy atom. The van der Waals surface area contributed by atoms with Gasteiger partial charge in [-0.3, -0.25) is 4.79 Å². The molecule has 2 aromatic heterocycles. The standard InChI is InChI=1S/C20H23BClN5O/c1-26(20(28)13-7-8-13)10-4-9-23-18-11-17(14-5-2-3-6-16(14)22)25-19-15(21)12-24-27(18)19/h2-3,5-6,11-13,23H,4,7-10,21H2,1H3. The Hall–Kier alpha value is -2.54. The molecule has 2 heterocycles. The molecule has 144 valence electrons. The van der Waals surface area contributed by atoms with Gasteiger partial charge in [-0.25, -0.2) is 4.98 Å². The molecule has 0 spiro atoms. The molecule has 1 saturated carbocycles. The van der Waals surface area contributed by atoms with E-state index < -0.39 is 0 Å². The Morgan fingerprint density at radius 2 is 2.18 bits per heavy atom. The average Bonchev–Trinajstić information content (AvgIpc) is 3.48. The highest BCUT2D eigenvalue weighted by Crippen LogP contribution is 2.30. The molecule has 0 atom stereocenters. The Morgan fingerprint density at radius 3 is 2.93 bits per heavy atom. The molecule has 4 rings (SSSR count). The molecule has 1 N–H and O–H groups in total. The van der Waals surface area contributed by atoms with Crippen LogP contribution >= 0.6 is 11.6 Å². The van der Waals surface area contributed by atoms with E-state index in [1.165, 1.54) is 0 Å². The fraction of sp³-hybridized carbons (Fsp3) is 0.350. The van der Waals surface area contributed by atoms with Gasteiger partial charge < -0.3 is 10.2 Å². The summed E-state index contributed by atoms with van der Waals surface area (Å²) in [5.74, 6) is 1.40. The van der Waals surface area contributed by atoms with Gasteiger partial charge in [-0.05, 0) is 30.8 Å². The van der Waals surface area contributed by atoms with Crippen LogP contribution in [-0.4, -0.2) is 53.4 Å². The molecule has 1 amide bonds. The van der Waals surface area contributed by atoms with Crippen LogP contribution in [0.15, 0.2) is 36.5 Å². The quantitative estimate of drug-likeness (QED) is 0.491. The fourth-order valence-electron chi connectivity index (χ4n) is 3.29. The molecular formula is C20H23BClN5O.